The molecule has 4 nitrogen and oxygen atoms in total. The summed E-state index contributed by atoms with van der Waals surface area (Å²) >= 11 is 0. The van der Waals surface area contributed by atoms with Crippen LogP contribution >= 0.6 is 0 Å². The van der Waals surface area contributed by atoms with E-state index in [1.54, 1.807) is 7.05 Å². The van der Waals surface area contributed by atoms with Crippen LogP contribution in [0.3, 0.4) is 0 Å². The lowest BCUT2D eigenvalue weighted by Crippen LogP contribution is -2.37. The third-order valence-electron chi connectivity index (χ3n) is 3.56. The lowest BCUT2D eigenvalue weighted by molar-refractivity contribution is -0.137. The van der Waals surface area contributed by atoms with Crippen LogP contribution in [0.15, 0.2) is 12.1 Å². The van der Waals surface area contributed by atoms with E-state index in [4.69, 9.17) is 4.74 Å². The third-order valence-corrected chi connectivity index (χ3v) is 3.56. The number of hydrogen-bond donors (Lipinski definition) is 1. The minimum absolute atomic E-state index is 0.195. The first-order valence-electron chi connectivity index (χ1n) is 7.07. The maximum atomic E-state index is 12.9. The first-order chi connectivity index (χ1) is 9.94. The van der Waals surface area contributed by atoms with E-state index in [2.05, 4.69) is 10.3 Å². The van der Waals surface area contributed by atoms with Gasteiger partial charge in [0.1, 0.15) is 11.6 Å². The number of pyridine rings is 1. The minimum atomic E-state index is -4.37. The van der Waals surface area contributed by atoms with E-state index in [1.165, 1.54) is 0 Å². The molecule has 0 aliphatic carbocycles. The number of aromatic nitrogens is 1. The van der Waals surface area contributed by atoms with Crippen molar-refractivity contribution in [2.24, 2.45) is 0 Å². The molecule has 0 radical (unpaired) electrons. The Kier molecular flexibility index (Phi) is 4.92. The van der Waals surface area contributed by atoms with Crippen molar-refractivity contribution in [1.29, 1.82) is 0 Å². The van der Waals surface area contributed by atoms with Crippen molar-refractivity contribution in [3.63, 3.8) is 0 Å². The number of piperidine rings is 1. The largest absolute Gasteiger partial charge is 0.416 e. The van der Waals surface area contributed by atoms with E-state index in [-0.39, 0.29) is 11.9 Å². The van der Waals surface area contributed by atoms with E-state index in [0.29, 0.717) is 25.5 Å². The summed E-state index contributed by atoms with van der Waals surface area (Å²) in [6, 6.07) is 2.14. The Hall–Kier alpha value is -1.50. The molecule has 0 bridgehead atoms. The zero-order chi connectivity index (χ0) is 15.5. The normalized spacial score (nSPS) is 17.1. The van der Waals surface area contributed by atoms with E-state index >= 15 is 0 Å². The second kappa shape index (κ2) is 6.51. The second-order valence-corrected chi connectivity index (χ2v) is 4.99. The monoisotopic (exact) mass is 303 g/mol. The topological polar surface area (TPSA) is 37.4 Å². The quantitative estimate of drug-likeness (QED) is 0.927. The molecule has 1 saturated heterocycles. The molecule has 0 amide bonds. The van der Waals surface area contributed by atoms with Crippen molar-refractivity contribution in [3.05, 3.63) is 17.7 Å². The Morgan fingerprint density at radius 2 is 2.00 bits per heavy atom. The number of anilines is 2. The zero-order valence-corrected chi connectivity index (χ0v) is 12.2. The SMILES string of the molecule is CCOC1CCN(c2cc(C(F)(F)F)cc(NC)n2)CC1. The van der Waals surface area contributed by atoms with Crippen molar-refractivity contribution >= 4 is 11.6 Å². The van der Waals surface area contributed by atoms with Crippen LogP contribution in [0.2, 0.25) is 0 Å². The van der Waals surface area contributed by atoms with Gasteiger partial charge in [0.2, 0.25) is 0 Å². The zero-order valence-electron chi connectivity index (χ0n) is 12.2. The smallest absolute Gasteiger partial charge is 0.378 e. The van der Waals surface area contributed by atoms with E-state index < -0.39 is 11.7 Å². The van der Waals surface area contributed by atoms with Gasteiger partial charge in [-0.3, -0.25) is 0 Å². The predicted molar refractivity (Wildman–Crippen MR) is 75.6 cm³/mol. The Bertz CT molecular complexity index is 471. The number of nitrogens with zero attached hydrogens (tertiary/aromatic N) is 2. The molecule has 1 aromatic heterocycles. The van der Waals surface area contributed by atoms with E-state index in [9.17, 15) is 13.2 Å². The summed E-state index contributed by atoms with van der Waals surface area (Å²) in [5, 5.41) is 2.69. The highest BCUT2D eigenvalue weighted by molar-refractivity contribution is 5.51. The fraction of sp³-hybridized carbons (Fsp3) is 0.643. The van der Waals surface area contributed by atoms with Crippen molar-refractivity contribution < 1.29 is 17.9 Å². The van der Waals surface area contributed by atoms with Crippen LogP contribution in [-0.2, 0) is 10.9 Å². The number of rotatable bonds is 4. The Labute approximate surface area is 122 Å². The van der Waals surface area contributed by atoms with Gasteiger partial charge >= 0.3 is 6.18 Å². The molecule has 0 atom stereocenters. The molecular formula is C14H20F3N3O. The highest BCUT2D eigenvalue weighted by atomic mass is 19.4. The molecule has 21 heavy (non-hydrogen) atoms. The van der Waals surface area contributed by atoms with Crippen LogP contribution < -0.4 is 10.2 Å². The summed E-state index contributed by atoms with van der Waals surface area (Å²) in [4.78, 5) is 6.11. The molecule has 0 spiro atoms. The number of nitrogens with one attached hydrogen (secondary N) is 1. The Balaban J connectivity index is 2.16. The molecule has 1 N–H and O–H groups in total. The van der Waals surface area contributed by atoms with Crippen LogP contribution in [0, 0.1) is 0 Å². The molecule has 1 aromatic rings. The maximum Gasteiger partial charge on any atom is 0.416 e. The molecular weight excluding hydrogens is 283 g/mol. The summed E-state index contributed by atoms with van der Waals surface area (Å²) in [6.07, 6.45) is -2.56. The number of hydrogen-bond acceptors (Lipinski definition) is 4. The Morgan fingerprint density at radius 3 is 2.52 bits per heavy atom. The van der Waals surface area contributed by atoms with E-state index in [1.807, 2.05) is 11.8 Å². The molecule has 1 aliphatic heterocycles. The molecule has 0 saturated carbocycles. The average Bonchev–Trinajstić information content (AvgIpc) is 2.47. The van der Waals surface area contributed by atoms with Gasteiger partial charge in [-0.05, 0) is 31.9 Å². The molecule has 118 valence electrons. The summed E-state index contributed by atoms with van der Waals surface area (Å²) in [6.45, 7) is 3.92. The molecule has 2 heterocycles. The van der Waals surface area contributed by atoms with Gasteiger partial charge in [-0.1, -0.05) is 0 Å². The highest BCUT2D eigenvalue weighted by Crippen LogP contribution is 2.33. The van der Waals surface area contributed by atoms with Gasteiger partial charge in [-0.25, -0.2) is 4.98 Å². The molecule has 7 heteroatoms. The van der Waals surface area contributed by atoms with Crippen LogP contribution in [0.5, 0.6) is 0 Å². The minimum Gasteiger partial charge on any atom is -0.378 e. The second-order valence-electron chi connectivity index (χ2n) is 4.99. The van der Waals surface area contributed by atoms with Gasteiger partial charge < -0.3 is 15.0 Å². The predicted octanol–water partition coefficient (Wildman–Crippen LogP) is 3.15. The molecule has 1 fully saturated rings. The maximum absolute atomic E-state index is 12.9. The van der Waals surface area contributed by atoms with Gasteiger partial charge in [0, 0.05) is 26.7 Å². The van der Waals surface area contributed by atoms with Crippen molar-refractivity contribution in [1.82, 2.24) is 4.98 Å². The fourth-order valence-corrected chi connectivity index (χ4v) is 2.46. The van der Waals surface area contributed by atoms with Gasteiger partial charge in [0.15, 0.2) is 0 Å². The van der Waals surface area contributed by atoms with Crippen LogP contribution in [0.4, 0.5) is 24.8 Å². The van der Waals surface area contributed by atoms with Crippen LogP contribution in [0.1, 0.15) is 25.3 Å². The van der Waals surface area contributed by atoms with Gasteiger partial charge in [0.05, 0.1) is 11.7 Å². The summed E-state index contributed by atoms with van der Waals surface area (Å²) < 4.78 is 44.3. The molecule has 0 aromatic carbocycles. The van der Waals surface area contributed by atoms with E-state index in [0.717, 1.165) is 25.0 Å². The summed E-state index contributed by atoms with van der Waals surface area (Å²) in [7, 11) is 1.56. The third kappa shape index (κ3) is 4.00. The van der Waals surface area contributed by atoms with Gasteiger partial charge in [-0.15, -0.1) is 0 Å². The van der Waals surface area contributed by atoms with Crippen LogP contribution in [-0.4, -0.2) is 37.8 Å². The highest BCUT2D eigenvalue weighted by Gasteiger charge is 2.32. The van der Waals surface area contributed by atoms with Crippen molar-refractivity contribution in [3.8, 4) is 0 Å². The summed E-state index contributed by atoms with van der Waals surface area (Å²) in [5.41, 5.74) is -0.677. The average molecular weight is 303 g/mol. The van der Waals surface area contributed by atoms with Crippen molar-refractivity contribution in [2.45, 2.75) is 32.0 Å². The number of alkyl halides is 3. The van der Waals surface area contributed by atoms with Gasteiger partial charge in [0.25, 0.3) is 0 Å². The number of ether oxygens (including phenoxy) is 1. The van der Waals surface area contributed by atoms with Crippen LogP contribution in [0.25, 0.3) is 0 Å². The molecule has 0 unspecified atom stereocenters. The fourth-order valence-electron chi connectivity index (χ4n) is 2.46. The lowest BCUT2D eigenvalue weighted by atomic mass is 10.1. The first-order valence-corrected chi connectivity index (χ1v) is 7.07. The van der Waals surface area contributed by atoms with Crippen molar-refractivity contribution in [2.75, 3.05) is 37.0 Å². The molecule has 2 rings (SSSR count). The van der Waals surface area contributed by atoms with Gasteiger partial charge in [-0.2, -0.15) is 13.2 Å². The lowest BCUT2D eigenvalue weighted by Gasteiger charge is -2.33. The number of halogens is 3. The standard InChI is InChI=1S/C14H20F3N3O/c1-3-21-11-4-6-20(7-5-11)13-9-10(14(15,16)17)8-12(18-2)19-13/h8-9,11H,3-7H2,1-2H3,(H,18,19). The molecule has 1 aliphatic rings. The Morgan fingerprint density at radius 1 is 1.33 bits per heavy atom. The summed E-state index contributed by atoms with van der Waals surface area (Å²) in [5.74, 6) is 0.593. The first kappa shape index (κ1) is 15.9.